The first-order chi connectivity index (χ1) is 5.43. The van der Waals surface area contributed by atoms with Crippen LogP contribution in [0.25, 0.3) is 0 Å². The smallest absolute Gasteiger partial charge is 0.141 e. The lowest BCUT2D eigenvalue weighted by atomic mass is 9.91. The molecular weight excluding hydrogens is 157 g/mol. The predicted octanol–water partition coefficient (Wildman–Crippen LogP) is 1.19. The zero-order valence-electron chi connectivity index (χ0n) is 8.05. The number of hydrogen-bond acceptors (Lipinski definition) is 2. The number of aliphatic hydroxyl groups is 1. The predicted molar refractivity (Wildman–Crippen MR) is 46.8 cm³/mol. The van der Waals surface area contributed by atoms with Crippen LogP contribution in [0.5, 0.6) is 0 Å². The van der Waals surface area contributed by atoms with E-state index in [9.17, 15) is 9.50 Å². The number of alkyl halides is 1. The maximum atomic E-state index is 13.3. The van der Waals surface area contributed by atoms with Crippen LogP contribution in [0.3, 0.4) is 0 Å². The lowest BCUT2D eigenvalue weighted by molar-refractivity contribution is -0.0768. The van der Waals surface area contributed by atoms with E-state index >= 15 is 0 Å². The summed E-state index contributed by atoms with van der Waals surface area (Å²) in [7, 11) is 0. The summed E-state index contributed by atoms with van der Waals surface area (Å²) in [4.78, 5) is 2.06. The maximum Gasteiger partial charge on any atom is 0.141 e. The molecule has 0 aliphatic carbocycles. The van der Waals surface area contributed by atoms with Gasteiger partial charge < -0.3 is 5.11 Å². The third kappa shape index (κ3) is 1.96. The largest absolute Gasteiger partial charge is 0.387 e. The average molecular weight is 175 g/mol. The van der Waals surface area contributed by atoms with Crippen LogP contribution >= 0.6 is 0 Å². The maximum absolute atomic E-state index is 13.3. The van der Waals surface area contributed by atoms with Gasteiger partial charge in [0.15, 0.2) is 0 Å². The summed E-state index contributed by atoms with van der Waals surface area (Å²) in [6.45, 7) is 6.84. The molecule has 3 heteroatoms. The van der Waals surface area contributed by atoms with E-state index in [-0.39, 0.29) is 0 Å². The van der Waals surface area contributed by atoms with Gasteiger partial charge in [0.05, 0.1) is 5.60 Å². The molecule has 0 aromatic heterocycles. The van der Waals surface area contributed by atoms with Gasteiger partial charge in [0.25, 0.3) is 0 Å². The fourth-order valence-corrected chi connectivity index (χ4v) is 1.49. The first-order valence-corrected chi connectivity index (χ1v) is 4.54. The molecule has 0 amide bonds. The Morgan fingerprint density at radius 3 is 2.58 bits per heavy atom. The summed E-state index contributed by atoms with van der Waals surface area (Å²) >= 11 is 0. The van der Waals surface area contributed by atoms with Crippen molar-refractivity contribution in [2.45, 2.75) is 45.0 Å². The molecule has 0 bridgehead atoms. The Bertz CT molecular complexity index is 159. The first kappa shape index (κ1) is 9.93. The number of likely N-dealkylation sites (tertiary alicyclic amines) is 1. The molecule has 1 heterocycles. The molecule has 0 spiro atoms. The van der Waals surface area contributed by atoms with Gasteiger partial charge in [-0.05, 0) is 27.2 Å². The fourth-order valence-electron chi connectivity index (χ4n) is 1.49. The standard InChI is InChI=1S/C9H18FNO/c1-7(2)11-5-4-9(3,12)8(10)6-11/h7-8,12H,4-6H2,1-3H3/t8-,9-/m1/s1. The number of nitrogens with zero attached hydrogens (tertiary/aromatic N) is 1. The highest BCUT2D eigenvalue weighted by Crippen LogP contribution is 2.25. The summed E-state index contributed by atoms with van der Waals surface area (Å²) in [6.07, 6.45) is -0.569. The molecule has 1 aliphatic rings. The molecule has 0 saturated carbocycles. The zero-order chi connectivity index (χ0) is 9.35. The minimum absolute atomic E-state index is 0.366. The van der Waals surface area contributed by atoms with E-state index in [1.807, 2.05) is 13.8 Å². The van der Waals surface area contributed by atoms with Crippen LogP contribution in [-0.4, -0.2) is 40.9 Å². The van der Waals surface area contributed by atoms with Gasteiger partial charge in [-0.2, -0.15) is 0 Å². The van der Waals surface area contributed by atoms with Gasteiger partial charge in [-0.25, -0.2) is 4.39 Å². The summed E-state index contributed by atoms with van der Waals surface area (Å²) in [5, 5.41) is 9.54. The second kappa shape index (κ2) is 3.30. The second-order valence-corrected chi connectivity index (χ2v) is 4.16. The van der Waals surface area contributed by atoms with Crippen LogP contribution in [0.4, 0.5) is 4.39 Å². The van der Waals surface area contributed by atoms with Gasteiger partial charge >= 0.3 is 0 Å². The lowest BCUT2D eigenvalue weighted by Crippen LogP contribution is -2.53. The fraction of sp³-hybridized carbons (Fsp3) is 1.00. The van der Waals surface area contributed by atoms with Gasteiger partial charge in [-0.1, -0.05) is 0 Å². The molecule has 72 valence electrons. The molecule has 1 fully saturated rings. The number of piperidine rings is 1. The van der Waals surface area contributed by atoms with Crippen molar-refractivity contribution in [1.29, 1.82) is 0 Å². The highest BCUT2D eigenvalue weighted by molar-refractivity contribution is 4.90. The summed E-state index contributed by atoms with van der Waals surface area (Å²) in [5.74, 6) is 0. The van der Waals surface area contributed by atoms with Crippen molar-refractivity contribution in [3.05, 3.63) is 0 Å². The first-order valence-electron chi connectivity index (χ1n) is 4.54. The number of hydrogen-bond donors (Lipinski definition) is 1. The second-order valence-electron chi connectivity index (χ2n) is 4.16. The highest BCUT2D eigenvalue weighted by atomic mass is 19.1. The van der Waals surface area contributed by atoms with Crippen LogP contribution in [0.15, 0.2) is 0 Å². The van der Waals surface area contributed by atoms with E-state index in [4.69, 9.17) is 0 Å². The normalized spacial score (nSPS) is 39.0. The van der Waals surface area contributed by atoms with Crippen LogP contribution in [0.2, 0.25) is 0 Å². The van der Waals surface area contributed by atoms with E-state index < -0.39 is 11.8 Å². The van der Waals surface area contributed by atoms with Crippen molar-refractivity contribution in [3.8, 4) is 0 Å². The Labute approximate surface area is 73.4 Å². The van der Waals surface area contributed by atoms with Gasteiger partial charge in [-0.3, -0.25) is 4.90 Å². The van der Waals surface area contributed by atoms with Crippen molar-refractivity contribution in [2.24, 2.45) is 0 Å². The van der Waals surface area contributed by atoms with Crippen LogP contribution in [0.1, 0.15) is 27.2 Å². The molecule has 1 N–H and O–H groups in total. The molecule has 1 aliphatic heterocycles. The Kier molecular flexibility index (Phi) is 2.74. The topological polar surface area (TPSA) is 23.5 Å². The van der Waals surface area contributed by atoms with Crippen molar-refractivity contribution in [3.63, 3.8) is 0 Å². The van der Waals surface area contributed by atoms with Gasteiger partial charge in [-0.15, -0.1) is 0 Å². The van der Waals surface area contributed by atoms with Crippen molar-refractivity contribution < 1.29 is 9.50 Å². The molecule has 0 aromatic rings. The molecule has 0 radical (unpaired) electrons. The zero-order valence-corrected chi connectivity index (χ0v) is 8.05. The summed E-state index contributed by atoms with van der Waals surface area (Å²) in [5.41, 5.74) is -1.11. The van der Waals surface area contributed by atoms with Gasteiger partial charge in [0, 0.05) is 19.1 Å². The van der Waals surface area contributed by atoms with E-state index in [0.717, 1.165) is 6.54 Å². The van der Waals surface area contributed by atoms with E-state index in [1.165, 1.54) is 0 Å². The van der Waals surface area contributed by atoms with E-state index in [0.29, 0.717) is 19.0 Å². The molecule has 0 aromatic carbocycles. The number of rotatable bonds is 1. The monoisotopic (exact) mass is 175 g/mol. The van der Waals surface area contributed by atoms with Gasteiger partial charge in [0.1, 0.15) is 6.17 Å². The quantitative estimate of drug-likeness (QED) is 0.647. The minimum Gasteiger partial charge on any atom is -0.387 e. The SMILES string of the molecule is CC(C)N1CC[C@@](C)(O)[C@H](F)C1. The van der Waals surface area contributed by atoms with Gasteiger partial charge in [0.2, 0.25) is 0 Å². The molecular formula is C9H18FNO. The molecule has 12 heavy (non-hydrogen) atoms. The molecule has 2 nitrogen and oxygen atoms in total. The molecule has 1 saturated heterocycles. The van der Waals surface area contributed by atoms with E-state index in [1.54, 1.807) is 6.92 Å². The van der Waals surface area contributed by atoms with Crippen LogP contribution in [0, 0.1) is 0 Å². The van der Waals surface area contributed by atoms with Crippen molar-refractivity contribution >= 4 is 0 Å². The average Bonchev–Trinajstić information content (AvgIpc) is 1.94. The summed E-state index contributed by atoms with van der Waals surface area (Å²) < 4.78 is 13.3. The third-order valence-electron chi connectivity index (χ3n) is 2.71. The Morgan fingerprint density at radius 2 is 2.17 bits per heavy atom. The summed E-state index contributed by atoms with van der Waals surface area (Å²) in [6, 6.07) is 0.374. The van der Waals surface area contributed by atoms with Crippen molar-refractivity contribution in [1.82, 2.24) is 4.90 Å². The minimum atomic E-state index is -1.11. The van der Waals surface area contributed by atoms with Crippen molar-refractivity contribution in [2.75, 3.05) is 13.1 Å². The Balaban J connectivity index is 2.52. The van der Waals surface area contributed by atoms with Crippen LogP contribution in [-0.2, 0) is 0 Å². The van der Waals surface area contributed by atoms with Crippen LogP contribution < -0.4 is 0 Å². The third-order valence-corrected chi connectivity index (χ3v) is 2.71. The molecule has 0 unspecified atom stereocenters. The van der Waals surface area contributed by atoms with E-state index in [2.05, 4.69) is 4.90 Å². The highest BCUT2D eigenvalue weighted by Gasteiger charge is 2.38. The molecule has 1 rings (SSSR count). The Hall–Kier alpha value is -0.150. The lowest BCUT2D eigenvalue weighted by Gasteiger charge is -2.40. The molecule has 2 atom stereocenters. The Morgan fingerprint density at radius 1 is 1.58 bits per heavy atom. The number of halogens is 1.